The van der Waals surface area contributed by atoms with Crippen molar-refractivity contribution in [3.63, 3.8) is 0 Å². The van der Waals surface area contributed by atoms with Gasteiger partial charge in [0.05, 0.1) is 13.2 Å². The first kappa shape index (κ1) is 17.9. The molecular formula is C20H25NO3. The molecule has 4 heteroatoms. The number of rotatable bonds is 9. The Morgan fingerprint density at radius 1 is 1.04 bits per heavy atom. The van der Waals surface area contributed by atoms with Crippen molar-refractivity contribution in [2.45, 2.75) is 26.2 Å². The van der Waals surface area contributed by atoms with Crippen LogP contribution in [0.5, 0.6) is 5.75 Å². The van der Waals surface area contributed by atoms with Gasteiger partial charge in [0, 0.05) is 25.6 Å². The maximum atomic E-state index is 11.4. The van der Waals surface area contributed by atoms with E-state index in [0.717, 1.165) is 23.4 Å². The second-order valence-electron chi connectivity index (χ2n) is 5.50. The zero-order valence-corrected chi connectivity index (χ0v) is 14.4. The Kier molecular flexibility index (Phi) is 7.15. The number of benzene rings is 2. The van der Waals surface area contributed by atoms with Gasteiger partial charge < -0.3 is 14.8 Å². The molecule has 0 radical (unpaired) electrons. The van der Waals surface area contributed by atoms with Gasteiger partial charge in [-0.05, 0) is 48.7 Å². The van der Waals surface area contributed by atoms with Crippen LogP contribution in [0.2, 0.25) is 0 Å². The Morgan fingerprint density at radius 3 is 2.54 bits per heavy atom. The van der Waals surface area contributed by atoms with Crippen LogP contribution in [0.25, 0.3) is 0 Å². The van der Waals surface area contributed by atoms with Crippen LogP contribution in [0.3, 0.4) is 0 Å². The Labute approximate surface area is 143 Å². The van der Waals surface area contributed by atoms with Gasteiger partial charge in [0.1, 0.15) is 5.75 Å². The standard InChI is InChI=1S/C20H25NO3/c1-3-23-20(22)12-9-16-7-10-19(11-8-16)24-14-13-17-5-4-6-18(15-17)21-2/h4-8,10-11,15,21H,3,9,12-14H2,1-2H3. The largest absolute Gasteiger partial charge is 0.493 e. The van der Waals surface area contributed by atoms with E-state index in [4.69, 9.17) is 9.47 Å². The highest BCUT2D eigenvalue weighted by molar-refractivity contribution is 5.69. The molecule has 0 fully saturated rings. The summed E-state index contributed by atoms with van der Waals surface area (Å²) >= 11 is 0. The minimum absolute atomic E-state index is 0.151. The first-order valence-electron chi connectivity index (χ1n) is 8.35. The third kappa shape index (κ3) is 5.95. The molecule has 0 aromatic heterocycles. The fourth-order valence-corrected chi connectivity index (χ4v) is 2.40. The quantitative estimate of drug-likeness (QED) is 0.711. The van der Waals surface area contributed by atoms with Crippen molar-refractivity contribution in [1.29, 1.82) is 0 Å². The van der Waals surface area contributed by atoms with Crippen molar-refractivity contribution in [3.8, 4) is 5.75 Å². The predicted molar refractivity (Wildman–Crippen MR) is 96.6 cm³/mol. The maximum Gasteiger partial charge on any atom is 0.306 e. The van der Waals surface area contributed by atoms with Crippen LogP contribution in [0, 0.1) is 0 Å². The zero-order chi connectivity index (χ0) is 17.2. The molecular weight excluding hydrogens is 302 g/mol. The molecule has 0 atom stereocenters. The van der Waals surface area contributed by atoms with Crippen LogP contribution in [0.1, 0.15) is 24.5 Å². The molecule has 0 aliphatic rings. The molecule has 0 bridgehead atoms. The molecule has 24 heavy (non-hydrogen) atoms. The molecule has 0 saturated carbocycles. The second kappa shape index (κ2) is 9.60. The van der Waals surface area contributed by atoms with Crippen molar-refractivity contribution in [3.05, 3.63) is 59.7 Å². The van der Waals surface area contributed by atoms with Crippen molar-refractivity contribution in [2.75, 3.05) is 25.6 Å². The van der Waals surface area contributed by atoms with Crippen LogP contribution in [0.15, 0.2) is 48.5 Å². The average molecular weight is 327 g/mol. The molecule has 1 N–H and O–H groups in total. The van der Waals surface area contributed by atoms with E-state index >= 15 is 0 Å². The smallest absolute Gasteiger partial charge is 0.306 e. The van der Waals surface area contributed by atoms with Crippen LogP contribution >= 0.6 is 0 Å². The van der Waals surface area contributed by atoms with E-state index in [0.29, 0.717) is 26.1 Å². The summed E-state index contributed by atoms with van der Waals surface area (Å²) in [6.45, 7) is 2.89. The molecule has 0 unspecified atom stereocenters. The zero-order valence-electron chi connectivity index (χ0n) is 14.4. The van der Waals surface area contributed by atoms with Crippen molar-refractivity contribution >= 4 is 11.7 Å². The van der Waals surface area contributed by atoms with E-state index in [-0.39, 0.29) is 5.97 Å². The van der Waals surface area contributed by atoms with Crippen molar-refractivity contribution in [1.82, 2.24) is 0 Å². The van der Waals surface area contributed by atoms with Gasteiger partial charge in [-0.2, -0.15) is 0 Å². The fourth-order valence-electron chi connectivity index (χ4n) is 2.40. The lowest BCUT2D eigenvalue weighted by atomic mass is 10.1. The predicted octanol–water partition coefficient (Wildman–Crippen LogP) is 3.85. The highest BCUT2D eigenvalue weighted by Crippen LogP contribution is 2.15. The minimum Gasteiger partial charge on any atom is -0.493 e. The van der Waals surface area contributed by atoms with Gasteiger partial charge in [0.2, 0.25) is 0 Å². The van der Waals surface area contributed by atoms with E-state index in [2.05, 4.69) is 17.4 Å². The minimum atomic E-state index is -0.151. The van der Waals surface area contributed by atoms with Crippen LogP contribution in [-0.2, 0) is 22.4 Å². The summed E-state index contributed by atoms with van der Waals surface area (Å²) in [5.41, 5.74) is 3.46. The summed E-state index contributed by atoms with van der Waals surface area (Å²) in [5, 5.41) is 3.14. The molecule has 0 heterocycles. The maximum absolute atomic E-state index is 11.4. The Bertz CT molecular complexity index is 638. The van der Waals surface area contributed by atoms with E-state index in [9.17, 15) is 4.79 Å². The van der Waals surface area contributed by atoms with Gasteiger partial charge in [0.25, 0.3) is 0 Å². The number of nitrogens with one attached hydrogen (secondary N) is 1. The number of carbonyl (C=O) groups excluding carboxylic acids is 1. The summed E-state index contributed by atoms with van der Waals surface area (Å²) in [4.78, 5) is 11.4. The second-order valence-corrected chi connectivity index (χ2v) is 5.50. The van der Waals surface area contributed by atoms with Gasteiger partial charge >= 0.3 is 5.97 Å². The number of anilines is 1. The van der Waals surface area contributed by atoms with Crippen LogP contribution in [0.4, 0.5) is 5.69 Å². The lowest BCUT2D eigenvalue weighted by Crippen LogP contribution is -2.05. The van der Waals surface area contributed by atoms with Gasteiger partial charge in [-0.15, -0.1) is 0 Å². The third-order valence-electron chi connectivity index (χ3n) is 3.72. The molecule has 0 aliphatic carbocycles. The Balaban J connectivity index is 1.76. The molecule has 2 rings (SSSR count). The molecule has 0 aliphatic heterocycles. The molecule has 2 aromatic rings. The van der Waals surface area contributed by atoms with E-state index < -0.39 is 0 Å². The lowest BCUT2D eigenvalue weighted by Gasteiger charge is -2.08. The van der Waals surface area contributed by atoms with E-state index in [1.54, 1.807) is 0 Å². The highest BCUT2D eigenvalue weighted by Gasteiger charge is 2.03. The summed E-state index contributed by atoms with van der Waals surface area (Å²) in [6, 6.07) is 16.2. The third-order valence-corrected chi connectivity index (χ3v) is 3.72. The number of esters is 1. The number of carbonyl (C=O) groups is 1. The summed E-state index contributed by atoms with van der Waals surface area (Å²) in [5.74, 6) is 0.696. The SMILES string of the molecule is CCOC(=O)CCc1ccc(OCCc2cccc(NC)c2)cc1. The number of hydrogen-bond acceptors (Lipinski definition) is 4. The van der Waals surface area contributed by atoms with Crippen molar-refractivity contribution < 1.29 is 14.3 Å². The molecule has 0 saturated heterocycles. The Hall–Kier alpha value is -2.49. The first-order valence-corrected chi connectivity index (χ1v) is 8.35. The number of aryl methyl sites for hydroxylation is 1. The molecule has 128 valence electrons. The Morgan fingerprint density at radius 2 is 1.83 bits per heavy atom. The normalized spacial score (nSPS) is 10.2. The average Bonchev–Trinajstić information content (AvgIpc) is 2.61. The monoisotopic (exact) mass is 327 g/mol. The molecule has 0 spiro atoms. The van der Waals surface area contributed by atoms with Gasteiger partial charge in [-0.25, -0.2) is 0 Å². The van der Waals surface area contributed by atoms with Crippen molar-refractivity contribution in [2.24, 2.45) is 0 Å². The number of ether oxygens (including phenoxy) is 2. The summed E-state index contributed by atoms with van der Waals surface area (Å²) in [7, 11) is 1.92. The van der Waals surface area contributed by atoms with Crippen LogP contribution < -0.4 is 10.1 Å². The fraction of sp³-hybridized carbons (Fsp3) is 0.350. The summed E-state index contributed by atoms with van der Waals surface area (Å²) in [6.07, 6.45) is 1.96. The van der Waals surface area contributed by atoms with E-state index in [1.807, 2.05) is 50.4 Å². The van der Waals surface area contributed by atoms with Gasteiger partial charge in [0.15, 0.2) is 0 Å². The van der Waals surface area contributed by atoms with Gasteiger partial charge in [-0.1, -0.05) is 24.3 Å². The lowest BCUT2D eigenvalue weighted by molar-refractivity contribution is -0.143. The van der Waals surface area contributed by atoms with Crippen LogP contribution in [-0.4, -0.2) is 26.2 Å². The van der Waals surface area contributed by atoms with Gasteiger partial charge in [-0.3, -0.25) is 4.79 Å². The molecule has 2 aromatic carbocycles. The molecule has 0 amide bonds. The topological polar surface area (TPSA) is 47.6 Å². The summed E-state index contributed by atoms with van der Waals surface area (Å²) < 4.78 is 10.7. The molecule has 4 nitrogen and oxygen atoms in total. The first-order chi connectivity index (χ1) is 11.7. The van der Waals surface area contributed by atoms with E-state index in [1.165, 1.54) is 5.56 Å². The number of hydrogen-bond donors (Lipinski definition) is 1. The highest BCUT2D eigenvalue weighted by atomic mass is 16.5.